The van der Waals surface area contributed by atoms with Crippen LogP contribution in [0.4, 0.5) is 5.69 Å². The maximum atomic E-state index is 6.00. The highest BCUT2D eigenvalue weighted by atomic mass is 16.5. The third kappa shape index (κ3) is 3.28. The molecule has 2 aromatic carbocycles. The summed E-state index contributed by atoms with van der Waals surface area (Å²) in [5, 5.41) is 0. The van der Waals surface area contributed by atoms with Crippen molar-refractivity contribution in [3.8, 4) is 5.75 Å². The van der Waals surface area contributed by atoms with Crippen molar-refractivity contribution in [3.05, 3.63) is 58.7 Å². The number of benzene rings is 2. The van der Waals surface area contributed by atoms with Gasteiger partial charge in [-0.3, -0.25) is 0 Å². The lowest BCUT2D eigenvalue weighted by atomic mass is 10.1. The minimum absolute atomic E-state index is 0.559. The smallest absolute Gasteiger partial charge is 0.142 e. The highest BCUT2D eigenvalue weighted by Crippen LogP contribution is 2.24. The van der Waals surface area contributed by atoms with E-state index in [0.29, 0.717) is 12.3 Å². The van der Waals surface area contributed by atoms with Crippen molar-refractivity contribution in [2.45, 2.75) is 33.8 Å². The van der Waals surface area contributed by atoms with E-state index in [4.69, 9.17) is 10.5 Å². The summed E-state index contributed by atoms with van der Waals surface area (Å²) in [6, 6.07) is 12.4. The summed E-state index contributed by atoms with van der Waals surface area (Å²) in [5.74, 6) is 0.762. The van der Waals surface area contributed by atoms with Crippen LogP contribution in [-0.4, -0.2) is 0 Å². The summed E-state index contributed by atoms with van der Waals surface area (Å²) < 4.78 is 5.83. The average Bonchev–Trinajstić information content (AvgIpc) is 2.40. The van der Waals surface area contributed by atoms with Gasteiger partial charge in [-0.2, -0.15) is 0 Å². The van der Waals surface area contributed by atoms with Gasteiger partial charge < -0.3 is 10.5 Å². The van der Waals surface area contributed by atoms with E-state index in [2.05, 4.69) is 45.0 Å². The van der Waals surface area contributed by atoms with E-state index in [1.54, 1.807) is 0 Å². The number of ether oxygens (including phenoxy) is 1. The van der Waals surface area contributed by atoms with Crippen molar-refractivity contribution in [3.63, 3.8) is 0 Å². The number of nitrogens with two attached hydrogens (primary N) is 1. The summed E-state index contributed by atoms with van der Waals surface area (Å²) in [6.07, 6.45) is 0.988. The van der Waals surface area contributed by atoms with Crippen LogP contribution in [0.3, 0.4) is 0 Å². The average molecular weight is 255 g/mol. The van der Waals surface area contributed by atoms with Gasteiger partial charge in [0.1, 0.15) is 12.4 Å². The predicted molar refractivity (Wildman–Crippen MR) is 80.5 cm³/mol. The molecule has 0 heterocycles. The first kappa shape index (κ1) is 13.5. The topological polar surface area (TPSA) is 35.2 Å². The maximum absolute atomic E-state index is 6.00. The second-order valence-corrected chi connectivity index (χ2v) is 4.94. The minimum Gasteiger partial charge on any atom is -0.487 e. The molecular weight excluding hydrogens is 234 g/mol. The van der Waals surface area contributed by atoms with Gasteiger partial charge in [-0.1, -0.05) is 36.8 Å². The fourth-order valence-corrected chi connectivity index (χ4v) is 2.06. The minimum atomic E-state index is 0.559. The molecule has 0 saturated heterocycles. The molecule has 2 aromatic rings. The van der Waals surface area contributed by atoms with Crippen LogP contribution in [0.1, 0.15) is 29.2 Å². The lowest BCUT2D eigenvalue weighted by Gasteiger charge is -2.12. The molecule has 100 valence electrons. The van der Waals surface area contributed by atoms with Crippen LogP contribution in [0.2, 0.25) is 0 Å². The first-order valence-corrected chi connectivity index (χ1v) is 6.67. The third-order valence-electron chi connectivity index (χ3n) is 3.37. The van der Waals surface area contributed by atoms with Gasteiger partial charge in [0.15, 0.2) is 0 Å². The predicted octanol–water partition coefficient (Wildman–Crippen LogP) is 4.03. The Morgan fingerprint density at radius 3 is 2.53 bits per heavy atom. The fraction of sp³-hybridized carbons (Fsp3) is 0.294. The summed E-state index contributed by atoms with van der Waals surface area (Å²) in [4.78, 5) is 0. The molecule has 0 fully saturated rings. The van der Waals surface area contributed by atoms with Gasteiger partial charge in [-0.05, 0) is 49.1 Å². The Kier molecular flexibility index (Phi) is 4.10. The second-order valence-electron chi connectivity index (χ2n) is 4.94. The molecule has 0 spiro atoms. The first-order valence-electron chi connectivity index (χ1n) is 6.67. The maximum Gasteiger partial charge on any atom is 0.142 e. The van der Waals surface area contributed by atoms with E-state index in [-0.39, 0.29) is 0 Å². The molecule has 0 aromatic heterocycles. The van der Waals surface area contributed by atoms with Gasteiger partial charge in [-0.25, -0.2) is 0 Å². The third-order valence-corrected chi connectivity index (χ3v) is 3.37. The number of rotatable bonds is 4. The van der Waals surface area contributed by atoms with Crippen LogP contribution in [0.5, 0.6) is 5.75 Å². The first-order chi connectivity index (χ1) is 9.10. The van der Waals surface area contributed by atoms with Crippen molar-refractivity contribution >= 4 is 5.69 Å². The van der Waals surface area contributed by atoms with E-state index in [1.807, 2.05) is 12.1 Å². The number of nitrogen functional groups attached to an aromatic ring is 1. The molecule has 0 aliphatic heterocycles. The van der Waals surface area contributed by atoms with E-state index < -0.39 is 0 Å². The molecular formula is C17H21NO. The summed E-state index contributed by atoms with van der Waals surface area (Å²) in [7, 11) is 0. The zero-order chi connectivity index (χ0) is 13.8. The Balaban J connectivity index is 2.12. The Labute approximate surface area is 115 Å². The van der Waals surface area contributed by atoms with Crippen LogP contribution in [0.15, 0.2) is 36.4 Å². The Morgan fingerprint density at radius 1 is 1.05 bits per heavy atom. The van der Waals surface area contributed by atoms with Crippen LogP contribution in [0, 0.1) is 13.8 Å². The molecule has 0 bridgehead atoms. The van der Waals surface area contributed by atoms with E-state index in [9.17, 15) is 0 Å². The van der Waals surface area contributed by atoms with Crippen molar-refractivity contribution in [1.82, 2.24) is 0 Å². The highest BCUT2D eigenvalue weighted by molar-refractivity contribution is 5.54. The van der Waals surface area contributed by atoms with Crippen LogP contribution >= 0.6 is 0 Å². The Morgan fingerprint density at radius 2 is 1.84 bits per heavy atom. The van der Waals surface area contributed by atoms with Gasteiger partial charge in [0.05, 0.1) is 5.69 Å². The molecule has 19 heavy (non-hydrogen) atoms. The monoisotopic (exact) mass is 255 g/mol. The normalized spacial score (nSPS) is 10.5. The molecule has 0 amide bonds. The van der Waals surface area contributed by atoms with Crippen LogP contribution in [0.25, 0.3) is 0 Å². The quantitative estimate of drug-likeness (QED) is 0.837. The lowest BCUT2D eigenvalue weighted by Crippen LogP contribution is -2.01. The van der Waals surface area contributed by atoms with E-state index in [1.165, 1.54) is 22.3 Å². The van der Waals surface area contributed by atoms with E-state index in [0.717, 1.165) is 12.2 Å². The zero-order valence-corrected chi connectivity index (χ0v) is 11.9. The molecule has 0 aliphatic carbocycles. The van der Waals surface area contributed by atoms with Crippen molar-refractivity contribution in [2.75, 3.05) is 5.73 Å². The summed E-state index contributed by atoms with van der Waals surface area (Å²) >= 11 is 0. The summed E-state index contributed by atoms with van der Waals surface area (Å²) in [6.45, 7) is 6.86. The summed E-state index contributed by atoms with van der Waals surface area (Å²) in [5.41, 5.74) is 11.7. The molecule has 2 heteroatoms. The lowest BCUT2D eigenvalue weighted by molar-refractivity contribution is 0.307. The molecule has 0 saturated carbocycles. The van der Waals surface area contributed by atoms with Crippen molar-refractivity contribution < 1.29 is 4.74 Å². The molecule has 0 aliphatic rings. The Bertz CT molecular complexity index is 575. The number of hydrogen-bond acceptors (Lipinski definition) is 2. The molecule has 0 radical (unpaired) electrons. The van der Waals surface area contributed by atoms with E-state index >= 15 is 0 Å². The Hall–Kier alpha value is -1.96. The zero-order valence-electron chi connectivity index (χ0n) is 11.9. The molecule has 2 nitrogen and oxygen atoms in total. The van der Waals surface area contributed by atoms with Gasteiger partial charge in [0.2, 0.25) is 0 Å². The highest BCUT2D eigenvalue weighted by Gasteiger charge is 2.04. The SMILES string of the molecule is CCc1ccc(OCc2cc(C)ccc2C)c(N)c1. The van der Waals surface area contributed by atoms with Crippen LogP contribution in [-0.2, 0) is 13.0 Å². The van der Waals surface area contributed by atoms with Crippen molar-refractivity contribution in [1.29, 1.82) is 0 Å². The standard InChI is InChI=1S/C17H21NO/c1-4-14-7-8-17(16(18)10-14)19-11-15-9-12(2)5-6-13(15)3/h5-10H,4,11,18H2,1-3H3. The van der Waals surface area contributed by atoms with Crippen LogP contribution < -0.4 is 10.5 Å². The number of aryl methyl sites for hydroxylation is 3. The molecule has 2 N–H and O–H groups in total. The number of hydrogen-bond donors (Lipinski definition) is 1. The van der Waals surface area contributed by atoms with Gasteiger partial charge >= 0.3 is 0 Å². The van der Waals surface area contributed by atoms with Gasteiger partial charge in [0.25, 0.3) is 0 Å². The molecule has 2 rings (SSSR count). The van der Waals surface area contributed by atoms with Gasteiger partial charge in [-0.15, -0.1) is 0 Å². The van der Waals surface area contributed by atoms with Gasteiger partial charge in [0, 0.05) is 0 Å². The fourth-order valence-electron chi connectivity index (χ4n) is 2.06. The number of anilines is 1. The molecule has 0 atom stereocenters. The van der Waals surface area contributed by atoms with Crippen molar-refractivity contribution in [2.24, 2.45) is 0 Å². The second kappa shape index (κ2) is 5.79. The molecule has 0 unspecified atom stereocenters. The largest absolute Gasteiger partial charge is 0.487 e.